The molecule has 0 unspecified atom stereocenters. The first-order valence-electron chi connectivity index (χ1n) is 8.26. The molecule has 0 saturated carbocycles. The van der Waals surface area contributed by atoms with Crippen molar-refractivity contribution >= 4 is 10.0 Å². The predicted octanol–water partition coefficient (Wildman–Crippen LogP) is 1.66. The van der Waals surface area contributed by atoms with Crippen molar-refractivity contribution in [1.82, 2.24) is 14.2 Å². The summed E-state index contributed by atoms with van der Waals surface area (Å²) in [4.78, 5) is 1.42. The summed E-state index contributed by atoms with van der Waals surface area (Å²) in [6.45, 7) is 2.48. The summed E-state index contributed by atoms with van der Waals surface area (Å²) < 4.78 is 61.9. The van der Waals surface area contributed by atoms with Gasteiger partial charge in [-0.1, -0.05) is 0 Å². The lowest BCUT2D eigenvalue weighted by Crippen LogP contribution is -2.44. The number of aryl methyl sites for hydroxylation is 1. The lowest BCUT2D eigenvalue weighted by molar-refractivity contribution is 0.0158. The number of ether oxygens (including phenoxy) is 1. The molecule has 1 aromatic carbocycles. The van der Waals surface area contributed by atoms with Gasteiger partial charge < -0.3 is 9.30 Å². The molecule has 0 amide bonds. The molecule has 1 aliphatic heterocycles. The molecular formula is C17H21F2N3O3S. The van der Waals surface area contributed by atoms with Crippen LogP contribution in [-0.2, 0) is 21.8 Å². The molecule has 0 spiro atoms. The Kier molecular flexibility index (Phi) is 5.71. The summed E-state index contributed by atoms with van der Waals surface area (Å²) in [7, 11) is -2.30. The minimum Gasteiger partial charge on any atom is -0.379 e. The fraction of sp³-hybridized carbons (Fsp3) is 0.412. The standard InChI is InChI=1S/C17H21F2N3O3S/c1-21-6-2-3-15(21)16(22-7-9-25-10-8-22)12-20-26(23,24)17-11-13(18)4-5-14(17)19/h2-6,11,16,20H,7-10,12H2,1H3/t16-/m1/s1. The number of morpholine rings is 1. The highest BCUT2D eigenvalue weighted by Crippen LogP contribution is 2.23. The van der Waals surface area contributed by atoms with E-state index in [2.05, 4.69) is 9.62 Å². The highest BCUT2D eigenvalue weighted by Gasteiger charge is 2.27. The average molecular weight is 385 g/mol. The van der Waals surface area contributed by atoms with Gasteiger partial charge in [0.05, 0.1) is 19.3 Å². The lowest BCUT2D eigenvalue weighted by Gasteiger charge is -2.34. The van der Waals surface area contributed by atoms with Gasteiger partial charge in [0.25, 0.3) is 0 Å². The smallest absolute Gasteiger partial charge is 0.243 e. The summed E-state index contributed by atoms with van der Waals surface area (Å²) in [5.74, 6) is -1.79. The van der Waals surface area contributed by atoms with Crippen LogP contribution in [0.25, 0.3) is 0 Å². The van der Waals surface area contributed by atoms with E-state index in [0.717, 1.165) is 17.8 Å². The third-order valence-electron chi connectivity index (χ3n) is 4.46. The van der Waals surface area contributed by atoms with E-state index in [-0.39, 0.29) is 12.6 Å². The van der Waals surface area contributed by atoms with Gasteiger partial charge in [-0.2, -0.15) is 0 Å². The quantitative estimate of drug-likeness (QED) is 0.822. The van der Waals surface area contributed by atoms with Crippen LogP contribution in [0.1, 0.15) is 11.7 Å². The third-order valence-corrected chi connectivity index (χ3v) is 5.90. The molecule has 1 fully saturated rings. The number of nitrogens with zero attached hydrogens (tertiary/aromatic N) is 2. The minimum atomic E-state index is -4.18. The van der Waals surface area contributed by atoms with Gasteiger partial charge in [0, 0.05) is 38.6 Å². The SMILES string of the molecule is Cn1cccc1[C@@H](CNS(=O)(=O)c1cc(F)ccc1F)N1CCOCC1. The van der Waals surface area contributed by atoms with Crippen LogP contribution in [0.4, 0.5) is 8.78 Å². The van der Waals surface area contributed by atoms with E-state index in [1.54, 1.807) is 0 Å². The molecule has 1 aromatic heterocycles. The highest BCUT2D eigenvalue weighted by molar-refractivity contribution is 7.89. The van der Waals surface area contributed by atoms with Crippen molar-refractivity contribution in [3.05, 3.63) is 53.9 Å². The van der Waals surface area contributed by atoms with Crippen LogP contribution in [0, 0.1) is 11.6 Å². The fourth-order valence-corrected chi connectivity index (χ4v) is 4.21. The Morgan fingerprint density at radius 2 is 1.96 bits per heavy atom. The van der Waals surface area contributed by atoms with Crippen molar-refractivity contribution < 1.29 is 21.9 Å². The van der Waals surface area contributed by atoms with Crippen LogP contribution < -0.4 is 4.72 Å². The molecule has 26 heavy (non-hydrogen) atoms. The molecule has 3 rings (SSSR count). The van der Waals surface area contributed by atoms with Crippen molar-refractivity contribution in [2.75, 3.05) is 32.8 Å². The van der Waals surface area contributed by atoms with E-state index in [4.69, 9.17) is 4.74 Å². The summed E-state index contributed by atoms with van der Waals surface area (Å²) in [6.07, 6.45) is 1.88. The van der Waals surface area contributed by atoms with Gasteiger partial charge >= 0.3 is 0 Å². The number of halogens is 2. The van der Waals surface area contributed by atoms with E-state index in [9.17, 15) is 17.2 Å². The number of hydrogen-bond donors (Lipinski definition) is 1. The number of nitrogens with one attached hydrogen (secondary N) is 1. The van der Waals surface area contributed by atoms with Crippen molar-refractivity contribution in [2.45, 2.75) is 10.9 Å². The van der Waals surface area contributed by atoms with Crippen LogP contribution in [0.15, 0.2) is 41.4 Å². The topological polar surface area (TPSA) is 63.6 Å². The Labute approximate surface area is 151 Å². The molecule has 1 saturated heterocycles. The maximum Gasteiger partial charge on any atom is 0.243 e. The van der Waals surface area contributed by atoms with Gasteiger partial charge in [-0.3, -0.25) is 4.90 Å². The van der Waals surface area contributed by atoms with E-state index in [0.29, 0.717) is 32.4 Å². The lowest BCUT2D eigenvalue weighted by atomic mass is 10.1. The van der Waals surface area contributed by atoms with E-state index < -0.39 is 26.6 Å². The zero-order valence-electron chi connectivity index (χ0n) is 14.4. The molecule has 6 nitrogen and oxygen atoms in total. The van der Waals surface area contributed by atoms with Crippen molar-refractivity contribution in [3.63, 3.8) is 0 Å². The molecule has 0 bridgehead atoms. The fourth-order valence-electron chi connectivity index (χ4n) is 3.08. The Balaban J connectivity index is 1.83. The maximum atomic E-state index is 13.9. The van der Waals surface area contributed by atoms with Crippen LogP contribution >= 0.6 is 0 Å². The molecule has 0 aliphatic carbocycles. The van der Waals surface area contributed by atoms with Gasteiger partial charge in [0.1, 0.15) is 16.5 Å². The molecule has 0 radical (unpaired) electrons. The first-order chi connectivity index (χ1) is 12.4. The van der Waals surface area contributed by atoms with E-state index >= 15 is 0 Å². The van der Waals surface area contributed by atoms with Crippen LogP contribution in [0.3, 0.4) is 0 Å². The molecule has 142 valence electrons. The largest absolute Gasteiger partial charge is 0.379 e. The summed E-state index contributed by atoms with van der Waals surface area (Å²) in [5.41, 5.74) is 0.925. The number of hydrogen-bond acceptors (Lipinski definition) is 4. The molecule has 2 heterocycles. The number of sulfonamides is 1. The van der Waals surface area contributed by atoms with Gasteiger partial charge in [0.15, 0.2) is 0 Å². The second kappa shape index (κ2) is 7.83. The van der Waals surface area contributed by atoms with Gasteiger partial charge in [-0.05, 0) is 30.3 Å². The Bertz CT molecular complexity index is 864. The van der Waals surface area contributed by atoms with Crippen LogP contribution in [0.2, 0.25) is 0 Å². The second-order valence-electron chi connectivity index (χ2n) is 6.13. The van der Waals surface area contributed by atoms with Crippen molar-refractivity contribution in [1.29, 1.82) is 0 Å². The van der Waals surface area contributed by atoms with Crippen molar-refractivity contribution in [2.24, 2.45) is 7.05 Å². The minimum absolute atomic E-state index is 0.0378. The van der Waals surface area contributed by atoms with Gasteiger partial charge in [-0.25, -0.2) is 21.9 Å². The molecule has 2 aromatic rings. The molecule has 9 heteroatoms. The van der Waals surface area contributed by atoms with Gasteiger partial charge in [0.2, 0.25) is 10.0 Å². The zero-order chi connectivity index (χ0) is 18.7. The first kappa shape index (κ1) is 19.0. The van der Waals surface area contributed by atoms with Crippen molar-refractivity contribution in [3.8, 4) is 0 Å². The Morgan fingerprint density at radius 1 is 1.23 bits per heavy atom. The highest BCUT2D eigenvalue weighted by atomic mass is 32.2. The maximum absolute atomic E-state index is 13.9. The summed E-state index contributed by atoms with van der Waals surface area (Å²) in [5, 5.41) is 0. The zero-order valence-corrected chi connectivity index (χ0v) is 15.2. The molecule has 1 atom stereocenters. The number of aromatic nitrogens is 1. The monoisotopic (exact) mass is 385 g/mol. The van der Waals surface area contributed by atoms with Gasteiger partial charge in [-0.15, -0.1) is 0 Å². The van der Waals surface area contributed by atoms with E-state index in [1.165, 1.54) is 0 Å². The number of rotatable bonds is 6. The molecular weight excluding hydrogens is 364 g/mol. The molecule has 1 N–H and O–H groups in total. The summed E-state index contributed by atoms with van der Waals surface area (Å²) in [6, 6.07) is 5.92. The van der Waals surface area contributed by atoms with E-state index in [1.807, 2.05) is 29.9 Å². The molecule has 1 aliphatic rings. The first-order valence-corrected chi connectivity index (χ1v) is 9.74. The second-order valence-corrected chi connectivity index (χ2v) is 7.87. The predicted molar refractivity (Wildman–Crippen MR) is 92.1 cm³/mol. The van der Waals surface area contributed by atoms with Crippen LogP contribution in [-0.4, -0.2) is 50.7 Å². The normalized spacial score (nSPS) is 17.3. The number of benzene rings is 1. The third kappa shape index (κ3) is 4.12. The van der Waals surface area contributed by atoms with Crippen LogP contribution in [0.5, 0.6) is 0 Å². The summed E-state index contributed by atoms with van der Waals surface area (Å²) >= 11 is 0. The Morgan fingerprint density at radius 3 is 2.62 bits per heavy atom. The Hall–Kier alpha value is -1.81. The average Bonchev–Trinajstić information content (AvgIpc) is 3.04.